The van der Waals surface area contributed by atoms with Crippen LogP contribution in [0.15, 0.2) is 6.20 Å². The van der Waals surface area contributed by atoms with E-state index in [4.69, 9.17) is 0 Å². The fourth-order valence-corrected chi connectivity index (χ4v) is 2.03. The number of carbonyl (C=O) groups is 1. The molecule has 16 heavy (non-hydrogen) atoms. The second kappa shape index (κ2) is 4.65. The van der Waals surface area contributed by atoms with Gasteiger partial charge in [0.1, 0.15) is 11.5 Å². The maximum atomic E-state index is 11.4. The van der Waals surface area contributed by atoms with Crippen LogP contribution in [-0.4, -0.2) is 40.6 Å². The van der Waals surface area contributed by atoms with Gasteiger partial charge in [0.2, 0.25) is 0 Å². The molecule has 1 aromatic rings. The number of aromatic nitrogens is 2. The number of esters is 1. The van der Waals surface area contributed by atoms with Crippen molar-refractivity contribution in [1.29, 1.82) is 0 Å². The zero-order valence-corrected chi connectivity index (χ0v) is 9.77. The van der Waals surface area contributed by atoms with Gasteiger partial charge in [-0.3, -0.25) is 4.90 Å². The molecule has 0 bridgehead atoms. The number of likely N-dealkylation sites (tertiary alicyclic amines) is 1. The van der Waals surface area contributed by atoms with Crippen molar-refractivity contribution in [2.75, 3.05) is 20.2 Å². The third kappa shape index (κ3) is 2.09. The van der Waals surface area contributed by atoms with E-state index in [9.17, 15) is 4.79 Å². The standard InChI is InChI=1S/C11H17N3O2/c1-13-9(11(15)16-2)7-12-10(13)8-14-5-3-4-6-14/h7H,3-6,8H2,1-2H3. The van der Waals surface area contributed by atoms with E-state index in [0.717, 1.165) is 25.5 Å². The van der Waals surface area contributed by atoms with Crippen LogP contribution in [-0.2, 0) is 18.3 Å². The zero-order chi connectivity index (χ0) is 11.5. The summed E-state index contributed by atoms with van der Waals surface area (Å²) in [6.07, 6.45) is 4.10. The van der Waals surface area contributed by atoms with Crippen molar-refractivity contribution >= 4 is 5.97 Å². The summed E-state index contributed by atoms with van der Waals surface area (Å²) in [6.45, 7) is 3.06. The van der Waals surface area contributed by atoms with Gasteiger partial charge in [-0.1, -0.05) is 0 Å². The van der Waals surface area contributed by atoms with Gasteiger partial charge >= 0.3 is 5.97 Å². The van der Waals surface area contributed by atoms with Gasteiger partial charge in [-0.2, -0.15) is 0 Å². The molecule has 1 aromatic heterocycles. The van der Waals surface area contributed by atoms with Crippen LogP contribution in [0.4, 0.5) is 0 Å². The summed E-state index contributed by atoms with van der Waals surface area (Å²) in [5, 5.41) is 0. The molecule has 1 aliphatic rings. The van der Waals surface area contributed by atoms with Crippen LogP contribution in [0, 0.1) is 0 Å². The lowest BCUT2D eigenvalue weighted by Crippen LogP contribution is -2.21. The Morgan fingerprint density at radius 3 is 2.81 bits per heavy atom. The van der Waals surface area contributed by atoms with E-state index in [0.29, 0.717) is 5.69 Å². The number of ether oxygens (including phenoxy) is 1. The minimum atomic E-state index is -0.331. The molecule has 2 heterocycles. The van der Waals surface area contributed by atoms with Gasteiger partial charge in [-0.05, 0) is 25.9 Å². The van der Waals surface area contributed by atoms with Gasteiger partial charge < -0.3 is 9.30 Å². The Kier molecular flexibility index (Phi) is 3.24. The summed E-state index contributed by atoms with van der Waals surface area (Å²) >= 11 is 0. The maximum Gasteiger partial charge on any atom is 0.356 e. The first-order chi connectivity index (χ1) is 7.72. The lowest BCUT2D eigenvalue weighted by Gasteiger charge is -2.14. The first-order valence-corrected chi connectivity index (χ1v) is 5.53. The van der Waals surface area contributed by atoms with Crippen molar-refractivity contribution in [3.05, 3.63) is 17.7 Å². The molecule has 88 valence electrons. The normalized spacial score (nSPS) is 16.6. The number of hydrogen-bond acceptors (Lipinski definition) is 4. The van der Waals surface area contributed by atoms with Gasteiger partial charge in [0.25, 0.3) is 0 Å². The molecular formula is C11H17N3O2. The Balaban J connectivity index is 2.10. The molecule has 5 nitrogen and oxygen atoms in total. The number of nitrogens with zero attached hydrogens (tertiary/aromatic N) is 3. The minimum absolute atomic E-state index is 0.331. The van der Waals surface area contributed by atoms with E-state index in [1.54, 1.807) is 6.20 Å². The highest BCUT2D eigenvalue weighted by atomic mass is 16.5. The van der Waals surface area contributed by atoms with E-state index in [-0.39, 0.29) is 5.97 Å². The Labute approximate surface area is 95.0 Å². The SMILES string of the molecule is COC(=O)c1cnc(CN2CCCC2)n1C. The fourth-order valence-electron chi connectivity index (χ4n) is 2.03. The summed E-state index contributed by atoms with van der Waals surface area (Å²) in [6, 6.07) is 0. The third-order valence-corrected chi connectivity index (χ3v) is 3.04. The van der Waals surface area contributed by atoms with E-state index in [2.05, 4.69) is 14.6 Å². The Morgan fingerprint density at radius 2 is 2.19 bits per heavy atom. The average Bonchev–Trinajstić information content (AvgIpc) is 2.90. The number of carbonyl (C=O) groups excluding carboxylic acids is 1. The molecule has 0 N–H and O–H groups in total. The zero-order valence-electron chi connectivity index (χ0n) is 9.77. The topological polar surface area (TPSA) is 47.4 Å². The van der Waals surface area contributed by atoms with Gasteiger partial charge in [-0.25, -0.2) is 9.78 Å². The highest BCUT2D eigenvalue weighted by Crippen LogP contribution is 2.12. The van der Waals surface area contributed by atoms with Crippen molar-refractivity contribution in [1.82, 2.24) is 14.5 Å². The molecule has 0 unspecified atom stereocenters. The van der Waals surface area contributed by atoms with Crippen molar-refractivity contribution in [3.63, 3.8) is 0 Å². The molecule has 1 saturated heterocycles. The Morgan fingerprint density at radius 1 is 1.50 bits per heavy atom. The van der Waals surface area contributed by atoms with Crippen LogP contribution in [0.5, 0.6) is 0 Å². The Bertz CT molecular complexity index is 381. The molecular weight excluding hydrogens is 206 g/mol. The lowest BCUT2D eigenvalue weighted by atomic mass is 10.4. The van der Waals surface area contributed by atoms with Crippen LogP contribution in [0.1, 0.15) is 29.2 Å². The van der Waals surface area contributed by atoms with Gasteiger partial charge in [0.15, 0.2) is 0 Å². The van der Waals surface area contributed by atoms with Crippen LogP contribution in [0.25, 0.3) is 0 Å². The van der Waals surface area contributed by atoms with Gasteiger partial charge in [0.05, 0.1) is 19.9 Å². The summed E-state index contributed by atoms with van der Waals surface area (Å²) < 4.78 is 6.50. The number of methoxy groups -OCH3 is 1. The predicted molar refractivity (Wildman–Crippen MR) is 59.1 cm³/mol. The summed E-state index contributed by atoms with van der Waals surface area (Å²) in [4.78, 5) is 18.0. The highest BCUT2D eigenvalue weighted by molar-refractivity contribution is 5.87. The van der Waals surface area contributed by atoms with Crippen molar-refractivity contribution in [3.8, 4) is 0 Å². The summed E-state index contributed by atoms with van der Waals surface area (Å²) in [5.74, 6) is 0.588. The number of imidazole rings is 1. The first kappa shape index (κ1) is 11.1. The summed E-state index contributed by atoms with van der Waals surface area (Å²) in [5.41, 5.74) is 0.511. The molecule has 1 fully saturated rings. The summed E-state index contributed by atoms with van der Waals surface area (Å²) in [7, 11) is 3.24. The van der Waals surface area contributed by atoms with Crippen LogP contribution >= 0.6 is 0 Å². The van der Waals surface area contributed by atoms with E-state index < -0.39 is 0 Å². The predicted octanol–water partition coefficient (Wildman–Crippen LogP) is 0.802. The van der Waals surface area contributed by atoms with Crippen LogP contribution in [0.3, 0.4) is 0 Å². The molecule has 0 aliphatic carbocycles. The molecule has 1 aliphatic heterocycles. The number of hydrogen-bond donors (Lipinski definition) is 0. The molecule has 0 spiro atoms. The molecule has 2 rings (SSSR count). The minimum Gasteiger partial charge on any atom is -0.464 e. The second-order valence-electron chi connectivity index (χ2n) is 4.09. The third-order valence-electron chi connectivity index (χ3n) is 3.04. The van der Waals surface area contributed by atoms with Crippen molar-refractivity contribution in [2.45, 2.75) is 19.4 Å². The first-order valence-electron chi connectivity index (χ1n) is 5.53. The van der Waals surface area contributed by atoms with E-state index in [1.165, 1.54) is 20.0 Å². The molecule has 0 aromatic carbocycles. The number of rotatable bonds is 3. The molecule has 5 heteroatoms. The Hall–Kier alpha value is -1.36. The second-order valence-corrected chi connectivity index (χ2v) is 4.09. The molecule has 0 radical (unpaired) electrons. The van der Waals surface area contributed by atoms with Gasteiger partial charge in [-0.15, -0.1) is 0 Å². The largest absolute Gasteiger partial charge is 0.464 e. The van der Waals surface area contributed by atoms with Crippen molar-refractivity contribution in [2.24, 2.45) is 7.05 Å². The van der Waals surface area contributed by atoms with Crippen LogP contribution < -0.4 is 0 Å². The molecule has 0 amide bonds. The highest BCUT2D eigenvalue weighted by Gasteiger charge is 2.18. The smallest absolute Gasteiger partial charge is 0.356 e. The van der Waals surface area contributed by atoms with Gasteiger partial charge in [0, 0.05) is 7.05 Å². The van der Waals surface area contributed by atoms with Crippen LogP contribution in [0.2, 0.25) is 0 Å². The molecule has 0 atom stereocenters. The maximum absolute atomic E-state index is 11.4. The molecule has 0 saturated carbocycles. The lowest BCUT2D eigenvalue weighted by molar-refractivity contribution is 0.0589. The quantitative estimate of drug-likeness (QED) is 0.711. The monoisotopic (exact) mass is 223 g/mol. The van der Waals surface area contributed by atoms with Crippen molar-refractivity contribution < 1.29 is 9.53 Å². The fraction of sp³-hybridized carbons (Fsp3) is 0.636. The van der Waals surface area contributed by atoms with E-state index in [1.807, 2.05) is 11.6 Å². The average molecular weight is 223 g/mol. The van der Waals surface area contributed by atoms with E-state index >= 15 is 0 Å².